The lowest BCUT2D eigenvalue weighted by molar-refractivity contribution is 0.0818. The molecule has 1 N–H and O–H groups in total. The fraction of sp³-hybridized carbons (Fsp3) is 0.435. The van der Waals surface area contributed by atoms with E-state index in [1.807, 2.05) is 37.3 Å². The van der Waals surface area contributed by atoms with Crippen molar-refractivity contribution < 1.29 is 27.8 Å². The van der Waals surface area contributed by atoms with Crippen LogP contribution in [0, 0.1) is 0 Å². The summed E-state index contributed by atoms with van der Waals surface area (Å²) in [5.41, 5.74) is 0.783. The molecule has 0 saturated carbocycles. The Hall–Kier alpha value is -3.03. The molecule has 0 atom stereocenters. The van der Waals surface area contributed by atoms with E-state index in [2.05, 4.69) is 5.32 Å². The molecule has 168 valence electrons. The van der Waals surface area contributed by atoms with E-state index in [1.54, 1.807) is 23.1 Å². The Balaban J connectivity index is 1.44. The first-order chi connectivity index (χ1) is 15.0. The van der Waals surface area contributed by atoms with Crippen molar-refractivity contribution >= 4 is 6.03 Å². The number of likely N-dealkylation sites (tertiary alicyclic amines) is 1. The van der Waals surface area contributed by atoms with Crippen molar-refractivity contribution in [3.8, 4) is 17.2 Å². The van der Waals surface area contributed by atoms with Crippen LogP contribution in [-0.4, -0.2) is 49.8 Å². The lowest BCUT2D eigenvalue weighted by atomic mass is 10.1. The molecule has 6 nitrogen and oxygen atoms in total. The van der Waals surface area contributed by atoms with Crippen molar-refractivity contribution in [2.75, 3.05) is 26.3 Å². The maximum absolute atomic E-state index is 12.5. The van der Waals surface area contributed by atoms with Crippen LogP contribution >= 0.6 is 0 Å². The highest BCUT2D eigenvalue weighted by Crippen LogP contribution is 2.29. The van der Waals surface area contributed by atoms with Gasteiger partial charge < -0.3 is 24.4 Å². The van der Waals surface area contributed by atoms with Gasteiger partial charge in [-0.05, 0) is 36.8 Å². The van der Waals surface area contributed by atoms with Crippen LogP contribution in [0.5, 0.6) is 17.2 Å². The maximum Gasteiger partial charge on any atom is 0.317 e. The van der Waals surface area contributed by atoms with Crippen LogP contribution in [0.3, 0.4) is 0 Å². The summed E-state index contributed by atoms with van der Waals surface area (Å²) in [6.45, 7) is 3.32. The number of para-hydroxylation sites is 2. The Kier molecular flexibility index (Phi) is 8.32. The number of benzene rings is 2. The summed E-state index contributed by atoms with van der Waals surface area (Å²) in [4.78, 5) is 14.3. The Morgan fingerprint density at radius 1 is 1.10 bits per heavy atom. The minimum absolute atomic E-state index is 0.0225. The first kappa shape index (κ1) is 22.7. The standard InChI is InChI=1S/C23H28F2N2O4/c1-2-29-20-8-3-4-9-21(20)31-18-10-12-27(13-11-18)23(28)26-15-17-6-5-7-19(14-17)30-16-22(24)25/h3-9,14,18,22H,2,10-13,15-16H2,1H3,(H,26,28). The molecule has 1 aliphatic heterocycles. The SMILES string of the molecule is CCOc1ccccc1OC1CCN(C(=O)NCc2cccc(OCC(F)F)c2)CC1. The number of hydrogen-bond donors (Lipinski definition) is 1. The van der Waals surface area contributed by atoms with Crippen molar-refractivity contribution in [1.29, 1.82) is 0 Å². The third-order valence-corrected chi connectivity index (χ3v) is 4.89. The van der Waals surface area contributed by atoms with Gasteiger partial charge in [-0.25, -0.2) is 13.6 Å². The van der Waals surface area contributed by atoms with E-state index in [0.717, 1.165) is 29.9 Å². The lowest BCUT2D eigenvalue weighted by Gasteiger charge is -2.32. The minimum atomic E-state index is -2.53. The topological polar surface area (TPSA) is 60.0 Å². The average Bonchev–Trinajstić information content (AvgIpc) is 2.78. The number of carbonyl (C=O) groups is 1. The number of ether oxygens (including phenoxy) is 3. The molecule has 0 aromatic heterocycles. The van der Waals surface area contributed by atoms with Crippen LogP contribution in [-0.2, 0) is 6.54 Å². The largest absolute Gasteiger partial charge is 0.490 e. The highest BCUT2D eigenvalue weighted by Gasteiger charge is 2.24. The lowest BCUT2D eigenvalue weighted by Crippen LogP contribution is -2.46. The van der Waals surface area contributed by atoms with Gasteiger partial charge in [-0.1, -0.05) is 24.3 Å². The van der Waals surface area contributed by atoms with Crippen molar-refractivity contribution in [1.82, 2.24) is 10.2 Å². The smallest absolute Gasteiger partial charge is 0.317 e. The van der Waals surface area contributed by atoms with Gasteiger partial charge in [0.05, 0.1) is 6.61 Å². The molecule has 1 heterocycles. The van der Waals surface area contributed by atoms with Gasteiger partial charge in [0.25, 0.3) is 6.43 Å². The number of alkyl halides is 2. The predicted octanol–water partition coefficient (Wildman–Crippen LogP) is 4.48. The fourth-order valence-electron chi connectivity index (χ4n) is 3.37. The molecule has 8 heteroatoms. The fourth-order valence-corrected chi connectivity index (χ4v) is 3.37. The third kappa shape index (κ3) is 7.01. The third-order valence-electron chi connectivity index (χ3n) is 4.89. The van der Waals surface area contributed by atoms with Crippen LogP contribution in [0.2, 0.25) is 0 Å². The Bertz CT molecular complexity index is 842. The van der Waals surface area contributed by atoms with E-state index in [9.17, 15) is 13.6 Å². The molecule has 2 aromatic rings. The number of halogens is 2. The van der Waals surface area contributed by atoms with Gasteiger partial charge in [0, 0.05) is 32.5 Å². The molecule has 2 aromatic carbocycles. The molecule has 0 aliphatic carbocycles. The van der Waals surface area contributed by atoms with Gasteiger partial charge >= 0.3 is 6.03 Å². The predicted molar refractivity (Wildman–Crippen MR) is 113 cm³/mol. The zero-order chi connectivity index (χ0) is 22.1. The molecule has 0 bridgehead atoms. The molecule has 1 saturated heterocycles. The van der Waals surface area contributed by atoms with Crippen LogP contribution < -0.4 is 19.5 Å². The number of carbonyl (C=O) groups excluding carboxylic acids is 1. The molecule has 0 spiro atoms. The average molecular weight is 434 g/mol. The number of nitrogens with one attached hydrogen (secondary N) is 1. The molecule has 31 heavy (non-hydrogen) atoms. The van der Waals surface area contributed by atoms with E-state index in [-0.39, 0.29) is 12.1 Å². The van der Waals surface area contributed by atoms with Crippen LogP contribution in [0.25, 0.3) is 0 Å². The molecule has 1 fully saturated rings. The van der Waals surface area contributed by atoms with Crippen molar-refractivity contribution in [3.63, 3.8) is 0 Å². The Morgan fingerprint density at radius 3 is 2.55 bits per heavy atom. The van der Waals surface area contributed by atoms with Gasteiger partial charge in [-0.15, -0.1) is 0 Å². The van der Waals surface area contributed by atoms with Crippen molar-refractivity contribution in [3.05, 3.63) is 54.1 Å². The summed E-state index contributed by atoms with van der Waals surface area (Å²) in [5.74, 6) is 1.81. The van der Waals surface area contributed by atoms with E-state index >= 15 is 0 Å². The summed E-state index contributed by atoms with van der Waals surface area (Å²) >= 11 is 0. The number of urea groups is 1. The van der Waals surface area contributed by atoms with Gasteiger partial charge in [-0.3, -0.25) is 0 Å². The Labute approximate surface area is 181 Å². The summed E-state index contributed by atoms with van der Waals surface area (Å²) in [5, 5.41) is 2.87. The highest BCUT2D eigenvalue weighted by molar-refractivity contribution is 5.74. The second-order valence-electron chi connectivity index (χ2n) is 7.19. The Morgan fingerprint density at radius 2 is 1.84 bits per heavy atom. The minimum Gasteiger partial charge on any atom is -0.490 e. The van der Waals surface area contributed by atoms with E-state index in [4.69, 9.17) is 14.2 Å². The number of hydrogen-bond acceptors (Lipinski definition) is 4. The zero-order valence-corrected chi connectivity index (χ0v) is 17.6. The first-order valence-electron chi connectivity index (χ1n) is 10.5. The van der Waals surface area contributed by atoms with Crippen LogP contribution in [0.15, 0.2) is 48.5 Å². The number of piperidine rings is 1. The second-order valence-corrected chi connectivity index (χ2v) is 7.19. The monoisotopic (exact) mass is 434 g/mol. The summed E-state index contributed by atoms with van der Waals surface area (Å²) in [6.07, 6.45) is -1.05. The summed E-state index contributed by atoms with van der Waals surface area (Å²) in [6, 6.07) is 14.2. The molecule has 2 amide bonds. The molecule has 0 radical (unpaired) electrons. The molecular weight excluding hydrogens is 406 g/mol. The zero-order valence-electron chi connectivity index (χ0n) is 17.6. The summed E-state index contributed by atoms with van der Waals surface area (Å²) in [7, 11) is 0. The highest BCUT2D eigenvalue weighted by atomic mass is 19.3. The first-order valence-corrected chi connectivity index (χ1v) is 10.5. The quantitative estimate of drug-likeness (QED) is 0.632. The number of nitrogens with zero attached hydrogens (tertiary/aromatic N) is 1. The van der Waals surface area contributed by atoms with E-state index in [1.165, 1.54) is 0 Å². The summed E-state index contributed by atoms with van der Waals surface area (Å²) < 4.78 is 41.3. The van der Waals surface area contributed by atoms with Crippen molar-refractivity contribution in [2.24, 2.45) is 0 Å². The van der Waals surface area contributed by atoms with Gasteiger partial charge in [0.15, 0.2) is 11.5 Å². The van der Waals surface area contributed by atoms with Crippen LogP contribution in [0.1, 0.15) is 25.3 Å². The molecular formula is C23H28F2N2O4. The second kappa shape index (κ2) is 11.4. The molecule has 3 rings (SSSR count). The normalized spacial score (nSPS) is 14.4. The van der Waals surface area contributed by atoms with Gasteiger partial charge in [-0.2, -0.15) is 0 Å². The number of amides is 2. The van der Waals surface area contributed by atoms with Gasteiger partial charge in [0.1, 0.15) is 18.5 Å². The van der Waals surface area contributed by atoms with E-state index in [0.29, 0.717) is 32.0 Å². The molecule has 1 aliphatic rings. The van der Waals surface area contributed by atoms with Crippen LogP contribution in [0.4, 0.5) is 13.6 Å². The van der Waals surface area contributed by atoms with E-state index < -0.39 is 13.0 Å². The van der Waals surface area contributed by atoms with Gasteiger partial charge in [0.2, 0.25) is 0 Å². The maximum atomic E-state index is 12.5. The molecule has 0 unspecified atom stereocenters. The van der Waals surface area contributed by atoms with Crippen molar-refractivity contribution in [2.45, 2.75) is 38.8 Å². The number of rotatable bonds is 9.